The van der Waals surface area contributed by atoms with Gasteiger partial charge in [-0.2, -0.15) is 0 Å². The number of nitrogens with zero attached hydrogens (tertiary/aromatic N) is 2. The highest BCUT2D eigenvalue weighted by Gasteiger charge is 2.18. The highest BCUT2D eigenvalue weighted by molar-refractivity contribution is 5.99. The predicted molar refractivity (Wildman–Crippen MR) is 114 cm³/mol. The van der Waals surface area contributed by atoms with Gasteiger partial charge in [0.1, 0.15) is 5.60 Å². The first-order valence-electron chi connectivity index (χ1n) is 8.62. The summed E-state index contributed by atoms with van der Waals surface area (Å²) in [6.07, 6.45) is 7.72. The summed E-state index contributed by atoms with van der Waals surface area (Å²) in [6.45, 7) is 5.30. The molecule has 0 fully saturated rings. The van der Waals surface area contributed by atoms with Gasteiger partial charge in [-0.25, -0.2) is 13.6 Å². The molecule has 4 aromatic heterocycles. The maximum absolute atomic E-state index is 13.4. The summed E-state index contributed by atoms with van der Waals surface area (Å²) in [7, 11) is 0. The lowest BCUT2D eigenvalue weighted by molar-refractivity contribution is 0.0636. The lowest BCUT2D eigenvalue weighted by Gasteiger charge is -2.19. The Morgan fingerprint density at radius 2 is 1.53 bits per heavy atom. The van der Waals surface area contributed by atoms with Crippen molar-refractivity contribution in [3.8, 4) is 0 Å². The van der Waals surface area contributed by atoms with E-state index in [0.717, 1.165) is 12.4 Å². The molecule has 4 heterocycles. The predicted octanol–water partition coefficient (Wildman–Crippen LogP) is 4.76. The summed E-state index contributed by atoms with van der Waals surface area (Å²) in [5, 5.41) is 3.68. The molecule has 0 saturated heterocycles. The molecule has 0 aliphatic heterocycles. The number of ether oxygens (including phenoxy) is 1. The summed E-state index contributed by atoms with van der Waals surface area (Å²) in [4.78, 5) is 24.5. The van der Waals surface area contributed by atoms with Crippen LogP contribution in [-0.2, 0) is 4.74 Å². The van der Waals surface area contributed by atoms with E-state index >= 15 is 0 Å². The van der Waals surface area contributed by atoms with Crippen LogP contribution in [0.5, 0.6) is 0 Å². The lowest BCUT2D eigenvalue weighted by Crippen LogP contribution is -2.27. The van der Waals surface area contributed by atoms with Crippen LogP contribution in [0.3, 0.4) is 0 Å². The maximum atomic E-state index is 13.4. The van der Waals surface area contributed by atoms with E-state index in [2.05, 4.69) is 25.3 Å². The van der Waals surface area contributed by atoms with Crippen molar-refractivity contribution in [2.75, 3.05) is 11.1 Å². The number of anilines is 2. The molecule has 0 aliphatic carbocycles. The minimum Gasteiger partial charge on any atom is -0.444 e. The van der Waals surface area contributed by atoms with Gasteiger partial charge in [0.2, 0.25) is 0 Å². The molecule has 0 spiro atoms. The zero-order valence-corrected chi connectivity index (χ0v) is 17.2. The van der Waals surface area contributed by atoms with Gasteiger partial charge in [0.25, 0.3) is 0 Å². The standard InChI is InChI=1S/C12H14FN3O2.C7H6FN3.ClH/c1-12(2,3)18-11(17)16-9-6-15-10-7(9)4-14-5-8(10)13;8-5-2-10-1-4-6(9)3-11-7(4)5;/h4-6,15H,1-3H3,(H,16,17);1-3,11H,9H2;1H. The molecule has 0 bridgehead atoms. The fourth-order valence-corrected chi connectivity index (χ4v) is 2.55. The molecule has 0 unspecified atom stereocenters. The number of hydrogen-bond acceptors (Lipinski definition) is 5. The minimum atomic E-state index is -0.590. The molecule has 160 valence electrons. The van der Waals surface area contributed by atoms with Gasteiger partial charge in [0.15, 0.2) is 11.6 Å². The van der Waals surface area contributed by atoms with Crippen molar-refractivity contribution >= 4 is 51.7 Å². The third kappa shape index (κ3) is 5.15. The lowest BCUT2D eigenvalue weighted by atomic mass is 10.2. The molecule has 0 radical (unpaired) electrons. The number of nitrogen functional groups attached to an aromatic ring is 1. The number of amides is 1. The average molecular weight is 439 g/mol. The molecular weight excluding hydrogens is 418 g/mol. The number of pyridine rings is 2. The number of nitrogens with one attached hydrogen (secondary N) is 3. The summed E-state index contributed by atoms with van der Waals surface area (Å²) in [5.74, 6) is -0.844. The smallest absolute Gasteiger partial charge is 0.412 e. The number of aromatic nitrogens is 4. The number of carbonyl (C=O) groups is 1. The molecule has 30 heavy (non-hydrogen) atoms. The van der Waals surface area contributed by atoms with E-state index in [1.807, 2.05) is 0 Å². The molecule has 0 aliphatic rings. The second-order valence-corrected chi connectivity index (χ2v) is 7.16. The first kappa shape index (κ1) is 22.9. The Kier molecular flexibility index (Phi) is 6.83. The van der Waals surface area contributed by atoms with Crippen molar-refractivity contribution in [1.29, 1.82) is 0 Å². The number of rotatable bonds is 1. The van der Waals surface area contributed by atoms with Crippen molar-refractivity contribution in [3.05, 3.63) is 48.8 Å². The van der Waals surface area contributed by atoms with Crippen LogP contribution in [-0.4, -0.2) is 31.6 Å². The quantitative estimate of drug-likeness (QED) is 0.341. The van der Waals surface area contributed by atoms with E-state index in [1.54, 1.807) is 27.0 Å². The Hall–Kier alpha value is -3.40. The van der Waals surface area contributed by atoms with Gasteiger partial charge >= 0.3 is 6.09 Å². The highest BCUT2D eigenvalue weighted by atomic mass is 35.5. The van der Waals surface area contributed by atoms with Gasteiger partial charge in [-0.05, 0) is 20.8 Å². The Morgan fingerprint density at radius 3 is 2.10 bits per heavy atom. The van der Waals surface area contributed by atoms with Gasteiger partial charge in [-0.3, -0.25) is 15.3 Å². The van der Waals surface area contributed by atoms with Crippen LogP contribution in [0.4, 0.5) is 25.0 Å². The fraction of sp³-hybridized carbons (Fsp3) is 0.211. The Morgan fingerprint density at radius 1 is 1.00 bits per heavy atom. The molecule has 0 atom stereocenters. The number of hydrogen-bond donors (Lipinski definition) is 4. The van der Waals surface area contributed by atoms with E-state index in [-0.39, 0.29) is 18.2 Å². The number of halogens is 3. The molecule has 4 rings (SSSR count). The summed E-state index contributed by atoms with van der Waals surface area (Å²) in [6, 6.07) is 0. The average Bonchev–Trinajstić information content (AvgIpc) is 3.20. The second kappa shape index (κ2) is 8.95. The number of carbonyl (C=O) groups excluding carboxylic acids is 1. The Bertz CT molecular complexity index is 1170. The zero-order chi connectivity index (χ0) is 21.2. The van der Waals surface area contributed by atoms with Crippen molar-refractivity contribution in [3.63, 3.8) is 0 Å². The Labute approximate surface area is 176 Å². The Balaban J connectivity index is 0.000000229. The normalized spacial score (nSPS) is 10.8. The van der Waals surface area contributed by atoms with Crippen LogP contribution in [0.1, 0.15) is 20.8 Å². The SMILES string of the molecule is CC(C)(C)OC(=O)Nc1c[nH]c2c(F)cncc12.Cl.Nc1c[nH]c2c(F)cncc12. The monoisotopic (exact) mass is 438 g/mol. The maximum Gasteiger partial charge on any atom is 0.412 e. The van der Waals surface area contributed by atoms with Crippen molar-refractivity contribution in [1.82, 2.24) is 19.9 Å². The van der Waals surface area contributed by atoms with Crippen LogP contribution < -0.4 is 11.1 Å². The van der Waals surface area contributed by atoms with E-state index in [4.69, 9.17) is 10.5 Å². The molecule has 11 heteroatoms. The van der Waals surface area contributed by atoms with Crippen LogP contribution in [0.2, 0.25) is 0 Å². The molecule has 8 nitrogen and oxygen atoms in total. The van der Waals surface area contributed by atoms with Gasteiger partial charge in [-0.1, -0.05) is 0 Å². The van der Waals surface area contributed by atoms with Crippen LogP contribution >= 0.6 is 12.4 Å². The second-order valence-electron chi connectivity index (χ2n) is 7.16. The van der Waals surface area contributed by atoms with Gasteiger partial charge in [0.05, 0.1) is 34.8 Å². The number of H-pyrrole nitrogens is 2. The van der Waals surface area contributed by atoms with Crippen molar-refractivity contribution < 1.29 is 18.3 Å². The van der Waals surface area contributed by atoms with Gasteiger partial charge < -0.3 is 20.4 Å². The molecule has 0 aromatic carbocycles. The minimum absolute atomic E-state index is 0. The van der Waals surface area contributed by atoms with E-state index in [0.29, 0.717) is 33.2 Å². The topological polar surface area (TPSA) is 122 Å². The third-order valence-electron chi connectivity index (χ3n) is 3.77. The largest absolute Gasteiger partial charge is 0.444 e. The van der Waals surface area contributed by atoms with Gasteiger partial charge in [0, 0.05) is 35.6 Å². The third-order valence-corrected chi connectivity index (χ3v) is 3.77. The molecular formula is C19H21ClF2N6O2. The summed E-state index contributed by atoms with van der Waals surface area (Å²) >= 11 is 0. The van der Waals surface area contributed by atoms with E-state index in [9.17, 15) is 13.6 Å². The van der Waals surface area contributed by atoms with Crippen LogP contribution in [0.25, 0.3) is 21.8 Å². The first-order chi connectivity index (χ1) is 13.7. The van der Waals surface area contributed by atoms with Crippen molar-refractivity contribution in [2.45, 2.75) is 26.4 Å². The molecule has 0 saturated carbocycles. The number of nitrogens with two attached hydrogens (primary N) is 1. The highest BCUT2D eigenvalue weighted by Crippen LogP contribution is 2.24. The van der Waals surface area contributed by atoms with Gasteiger partial charge in [-0.15, -0.1) is 12.4 Å². The van der Waals surface area contributed by atoms with E-state index < -0.39 is 17.5 Å². The van der Waals surface area contributed by atoms with Crippen LogP contribution in [0, 0.1) is 11.6 Å². The van der Waals surface area contributed by atoms with Crippen molar-refractivity contribution in [2.24, 2.45) is 0 Å². The van der Waals surface area contributed by atoms with E-state index in [1.165, 1.54) is 18.6 Å². The summed E-state index contributed by atoms with van der Waals surface area (Å²) in [5.41, 5.74) is 6.60. The zero-order valence-electron chi connectivity index (χ0n) is 16.4. The van der Waals surface area contributed by atoms with Crippen LogP contribution in [0.15, 0.2) is 37.2 Å². The molecule has 4 aromatic rings. The molecule has 5 N–H and O–H groups in total. The summed E-state index contributed by atoms with van der Waals surface area (Å²) < 4.78 is 31.3. The first-order valence-corrected chi connectivity index (χ1v) is 8.62. The number of fused-ring (bicyclic) bond motifs is 2. The number of aromatic amines is 2. The fourth-order valence-electron chi connectivity index (χ4n) is 2.55. The molecule has 1 amide bonds.